The zero-order valence-corrected chi connectivity index (χ0v) is 25.1. The molecule has 2 nitrogen and oxygen atoms in total. The third-order valence-corrected chi connectivity index (χ3v) is 9.06. The fraction of sp³-hybridized carbons (Fsp3) is 0. The Kier molecular flexibility index (Phi) is 6.17. The van der Waals surface area contributed by atoms with E-state index in [1.807, 2.05) is 0 Å². The predicted octanol–water partition coefficient (Wildman–Crippen LogP) is 12.6. The Bertz CT molecular complexity index is 2510. The number of furan rings is 1. The van der Waals surface area contributed by atoms with Crippen molar-refractivity contribution in [1.82, 2.24) is 0 Å². The predicted molar refractivity (Wildman–Crippen MR) is 195 cm³/mol. The van der Waals surface area contributed by atoms with Crippen molar-refractivity contribution in [3.05, 3.63) is 170 Å². The smallest absolute Gasteiger partial charge is 0.137 e. The molecule has 1 aromatic heterocycles. The van der Waals surface area contributed by atoms with Crippen LogP contribution in [0.4, 0.5) is 11.4 Å². The van der Waals surface area contributed by atoms with Gasteiger partial charge in [-0.15, -0.1) is 0 Å². The highest BCUT2D eigenvalue weighted by Crippen LogP contribution is 2.44. The van der Waals surface area contributed by atoms with Crippen LogP contribution in [0, 0.1) is 0 Å². The van der Waals surface area contributed by atoms with Crippen molar-refractivity contribution in [3.8, 4) is 33.4 Å². The molecule has 2 heteroatoms. The Morgan fingerprint density at radius 2 is 1.00 bits per heavy atom. The van der Waals surface area contributed by atoms with Crippen LogP contribution in [0.5, 0.6) is 0 Å². The van der Waals surface area contributed by atoms with Crippen molar-refractivity contribution < 1.29 is 4.42 Å². The first kappa shape index (κ1) is 26.3. The number of nitrogens with one attached hydrogen (secondary N) is 1. The van der Waals surface area contributed by atoms with Crippen LogP contribution in [0.2, 0.25) is 0 Å². The third-order valence-electron chi connectivity index (χ3n) is 9.06. The number of hydrogen-bond acceptors (Lipinski definition) is 2. The van der Waals surface area contributed by atoms with Crippen LogP contribution in [-0.2, 0) is 0 Å². The molecule has 0 amide bonds. The van der Waals surface area contributed by atoms with Gasteiger partial charge in [0.1, 0.15) is 11.2 Å². The van der Waals surface area contributed by atoms with Gasteiger partial charge in [-0.2, -0.15) is 0 Å². The van der Waals surface area contributed by atoms with Crippen molar-refractivity contribution in [3.63, 3.8) is 0 Å². The first-order valence-electron chi connectivity index (χ1n) is 15.7. The summed E-state index contributed by atoms with van der Waals surface area (Å²) in [6.07, 6.45) is 0. The number of anilines is 2. The molecule has 0 aliphatic rings. The van der Waals surface area contributed by atoms with E-state index < -0.39 is 0 Å². The van der Waals surface area contributed by atoms with Crippen LogP contribution in [0.1, 0.15) is 0 Å². The molecule has 46 heavy (non-hydrogen) atoms. The molecule has 0 bridgehead atoms. The minimum atomic E-state index is 0.866. The first-order valence-corrected chi connectivity index (χ1v) is 15.7. The number of para-hydroxylation sites is 1. The van der Waals surface area contributed by atoms with Gasteiger partial charge in [0.15, 0.2) is 0 Å². The Hall–Kier alpha value is -6.12. The lowest BCUT2D eigenvalue weighted by Gasteiger charge is -2.18. The minimum absolute atomic E-state index is 0.866. The number of hydrogen-bond donors (Lipinski definition) is 1. The number of benzene rings is 8. The average Bonchev–Trinajstić information content (AvgIpc) is 3.50. The van der Waals surface area contributed by atoms with Gasteiger partial charge in [-0.05, 0) is 85.8 Å². The maximum absolute atomic E-state index is 6.36. The number of fused-ring (bicyclic) bond motifs is 5. The maximum atomic E-state index is 6.36. The molecule has 0 saturated carbocycles. The lowest BCUT2D eigenvalue weighted by Crippen LogP contribution is -1.96. The van der Waals surface area contributed by atoms with Crippen molar-refractivity contribution in [2.45, 2.75) is 0 Å². The second-order valence-electron chi connectivity index (χ2n) is 11.8. The summed E-state index contributed by atoms with van der Waals surface area (Å²) in [5.41, 5.74) is 11.0. The van der Waals surface area contributed by atoms with E-state index in [-0.39, 0.29) is 0 Å². The van der Waals surface area contributed by atoms with Crippen LogP contribution in [0.3, 0.4) is 0 Å². The summed E-state index contributed by atoms with van der Waals surface area (Å²) in [4.78, 5) is 0. The zero-order chi connectivity index (χ0) is 30.5. The Morgan fingerprint density at radius 1 is 0.370 bits per heavy atom. The van der Waals surface area contributed by atoms with Crippen LogP contribution < -0.4 is 5.32 Å². The molecule has 0 spiro atoms. The fourth-order valence-electron chi connectivity index (χ4n) is 6.95. The van der Waals surface area contributed by atoms with E-state index in [4.69, 9.17) is 4.42 Å². The van der Waals surface area contributed by atoms with Gasteiger partial charge in [-0.1, -0.05) is 133 Å². The van der Waals surface area contributed by atoms with Crippen LogP contribution >= 0.6 is 0 Å². The minimum Gasteiger partial charge on any atom is -0.456 e. The lowest BCUT2D eigenvalue weighted by atomic mass is 9.87. The van der Waals surface area contributed by atoms with Gasteiger partial charge in [0.25, 0.3) is 0 Å². The van der Waals surface area contributed by atoms with Gasteiger partial charge in [0.05, 0.1) is 11.1 Å². The molecular weight excluding hydrogens is 558 g/mol. The monoisotopic (exact) mass is 587 g/mol. The molecule has 9 rings (SSSR count). The molecule has 1 heterocycles. The van der Waals surface area contributed by atoms with Gasteiger partial charge in [0, 0.05) is 16.6 Å². The van der Waals surface area contributed by atoms with Crippen molar-refractivity contribution in [2.24, 2.45) is 0 Å². The van der Waals surface area contributed by atoms with E-state index in [9.17, 15) is 0 Å². The Balaban J connectivity index is 1.22. The summed E-state index contributed by atoms with van der Waals surface area (Å²) in [5, 5.41) is 11.0. The van der Waals surface area contributed by atoms with E-state index in [0.717, 1.165) is 38.9 Å². The molecule has 0 unspecified atom stereocenters. The highest BCUT2D eigenvalue weighted by Gasteiger charge is 2.18. The van der Waals surface area contributed by atoms with E-state index in [1.54, 1.807) is 0 Å². The van der Waals surface area contributed by atoms with Crippen LogP contribution in [0.15, 0.2) is 174 Å². The molecule has 0 aliphatic heterocycles. The summed E-state index contributed by atoms with van der Waals surface area (Å²) in [5.74, 6) is 0. The van der Waals surface area contributed by atoms with Gasteiger partial charge in [-0.25, -0.2) is 0 Å². The fourth-order valence-corrected chi connectivity index (χ4v) is 6.95. The van der Waals surface area contributed by atoms with Crippen LogP contribution in [-0.4, -0.2) is 0 Å². The normalized spacial score (nSPS) is 11.5. The van der Waals surface area contributed by atoms with E-state index >= 15 is 0 Å². The average molecular weight is 588 g/mol. The van der Waals surface area contributed by atoms with Crippen molar-refractivity contribution in [1.29, 1.82) is 0 Å². The SMILES string of the molecule is c1ccc(-c2ccc3oc4cccc(Nc5ccccc5-c5ccccc5-c5c6ccccc6cc6ccccc56)c4c3c2)cc1. The largest absolute Gasteiger partial charge is 0.456 e. The quantitative estimate of drug-likeness (QED) is 0.203. The van der Waals surface area contributed by atoms with E-state index in [1.165, 1.54) is 49.4 Å². The topological polar surface area (TPSA) is 25.2 Å². The van der Waals surface area contributed by atoms with Crippen molar-refractivity contribution >= 4 is 54.9 Å². The Labute approximate surface area is 267 Å². The molecule has 0 aliphatic carbocycles. The van der Waals surface area contributed by atoms with E-state index in [2.05, 4.69) is 175 Å². The second-order valence-corrected chi connectivity index (χ2v) is 11.8. The first-order chi connectivity index (χ1) is 22.8. The standard InChI is InChI=1S/C44H29NO/c1-2-13-29(14-3-1)30-25-26-41-38(28-30)44-40(23-12-24-42(44)46-41)45-39-22-11-10-20-36(39)35-19-8-9-21-37(35)43-33-17-6-4-15-31(33)27-32-16-5-7-18-34(32)43/h1-28,45H. The highest BCUT2D eigenvalue weighted by atomic mass is 16.3. The van der Waals surface area contributed by atoms with Gasteiger partial charge in [-0.3, -0.25) is 0 Å². The zero-order valence-electron chi connectivity index (χ0n) is 25.1. The highest BCUT2D eigenvalue weighted by molar-refractivity contribution is 6.16. The summed E-state index contributed by atoms with van der Waals surface area (Å²) >= 11 is 0. The second kappa shape index (κ2) is 10.8. The van der Waals surface area contributed by atoms with E-state index in [0.29, 0.717) is 0 Å². The Morgan fingerprint density at radius 3 is 1.78 bits per heavy atom. The maximum Gasteiger partial charge on any atom is 0.137 e. The molecule has 0 saturated heterocycles. The summed E-state index contributed by atoms with van der Waals surface area (Å²) in [6.45, 7) is 0. The molecule has 9 aromatic rings. The molecule has 0 radical (unpaired) electrons. The molecular formula is C44H29NO. The summed E-state index contributed by atoms with van der Waals surface area (Å²) in [7, 11) is 0. The van der Waals surface area contributed by atoms with Gasteiger partial charge >= 0.3 is 0 Å². The molecule has 1 N–H and O–H groups in total. The van der Waals surface area contributed by atoms with Crippen molar-refractivity contribution in [2.75, 3.05) is 5.32 Å². The molecule has 8 aromatic carbocycles. The van der Waals surface area contributed by atoms with Crippen LogP contribution in [0.25, 0.3) is 76.9 Å². The molecule has 0 fully saturated rings. The van der Waals surface area contributed by atoms with Gasteiger partial charge < -0.3 is 9.73 Å². The van der Waals surface area contributed by atoms with Gasteiger partial charge in [0.2, 0.25) is 0 Å². The third kappa shape index (κ3) is 4.35. The molecule has 216 valence electrons. The molecule has 0 atom stereocenters. The summed E-state index contributed by atoms with van der Waals surface area (Å²) in [6, 6.07) is 60.3. The lowest BCUT2D eigenvalue weighted by molar-refractivity contribution is 0.669. The summed E-state index contributed by atoms with van der Waals surface area (Å²) < 4.78 is 6.36. The number of rotatable bonds is 5.